The molecule has 1 aliphatic heterocycles. The molecule has 1 aliphatic rings. The van der Waals surface area contributed by atoms with E-state index in [0.29, 0.717) is 25.5 Å². The number of nitrogens with zero attached hydrogens (tertiary/aromatic N) is 6. The van der Waals surface area contributed by atoms with Crippen molar-refractivity contribution < 1.29 is 13.2 Å². The standard InChI is InChI=1S/C11H13F3N6/c12-11(13,14)10-17-16-9-8-18(5-7-20(9)10)4-6-19-3-1-2-15-19/h1-3H,4-8H2. The fourth-order valence-corrected chi connectivity index (χ4v) is 2.28. The highest BCUT2D eigenvalue weighted by atomic mass is 19.4. The van der Waals surface area contributed by atoms with Crippen LogP contribution in [-0.2, 0) is 25.8 Å². The fourth-order valence-electron chi connectivity index (χ4n) is 2.28. The summed E-state index contributed by atoms with van der Waals surface area (Å²) < 4.78 is 41.0. The SMILES string of the molecule is FC(F)(F)c1nnc2n1CCN(CCn1cccn1)C2. The highest BCUT2D eigenvalue weighted by Crippen LogP contribution is 2.29. The molecule has 0 saturated carbocycles. The first kappa shape index (κ1) is 13.1. The lowest BCUT2D eigenvalue weighted by Crippen LogP contribution is -2.37. The number of halogens is 3. The van der Waals surface area contributed by atoms with E-state index in [0.717, 1.165) is 11.1 Å². The summed E-state index contributed by atoms with van der Waals surface area (Å²) in [7, 11) is 0. The summed E-state index contributed by atoms with van der Waals surface area (Å²) in [6, 6.07) is 1.84. The Morgan fingerprint density at radius 1 is 1.15 bits per heavy atom. The van der Waals surface area contributed by atoms with E-state index in [4.69, 9.17) is 0 Å². The fraction of sp³-hybridized carbons (Fsp3) is 0.545. The minimum absolute atomic E-state index is 0.260. The Bertz CT molecular complexity index is 573. The van der Waals surface area contributed by atoms with Crippen molar-refractivity contribution in [3.8, 4) is 0 Å². The molecule has 0 N–H and O–H groups in total. The number of alkyl halides is 3. The molecule has 0 aliphatic carbocycles. The van der Waals surface area contributed by atoms with Gasteiger partial charge < -0.3 is 4.57 Å². The van der Waals surface area contributed by atoms with Crippen LogP contribution in [0.3, 0.4) is 0 Å². The molecule has 0 saturated heterocycles. The van der Waals surface area contributed by atoms with Gasteiger partial charge in [0, 0.05) is 32.0 Å². The second-order valence-electron chi connectivity index (χ2n) is 4.63. The molecule has 3 rings (SSSR count). The molecule has 6 nitrogen and oxygen atoms in total. The second-order valence-corrected chi connectivity index (χ2v) is 4.63. The molecule has 3 heterocycles. The van der Waals surface area contributed by atoms with Crippen molar-refractivity contribution in [1.29, 1.82) is 0 Å². The van der Waals surface area contributed by atoms with E-state index >= 15 is 0 Å². The molecule has 0 amide bonds. The number of rotatable bonds is 3. The minimum Gasteiger partial charge on any atom is -0.305 e. The van der Waals surface area contributed by atoms with E-state index in [1.165, 1.54) is 0 Å². The highest BCUT2D eigenvalue weighted by molar-refractivity contribution is 5.02. The van der Waals surface area contributed by atoms with Crippen molar-refractivity contribution in [3.05, 3.63) is 30.1 Å². The van der Waals surface area contributed by atoms with Gasteiger partial charge in [0.1, 0.15) is 5.82 Å². The summed E-state index contributed by atoms with van der Waals surface area (Å²) in [5.41, 5.74) is 0. The molecule has 20 heavy (non-hydrogen) atoms. The second kappa shape index (κ2) is 4.89. The van der Waals surface area contributed by atoms with Gasteiger partial charge in [0.2, 0.25) is 5.82 Å². The Labute approximate surface area is 112 Å². The van der Waals surface area contributed by atoms with Crippen LogP contribution in [0.5, 0.6) is 0 Å². The Kier molecular flexibility index (Phi) is 3.20. The molecule has 108 valence electrons. The van der Waals surface area contributed by atoms with Crippen LogP contribution in [0.15, 0.2) is 18.5 Å². The maximum Gasteiger partial charge on any atom is 0.451 e. The first-order chi connectivity index (χ1) is 9.54. The first-order valence-corrected chi connectivity index (χ1v) is 6.23. The molecular weight excluding hydrogens is 273 g/mol. The molecule has 9 heteroatoms. The van der Waals surface area contributed by atoms with Crippen molar-refractivity contribution in [3.63, 3.8) is 0 Å². The van der Waals surface area contributed by atoms with Crippen molar-refractivity contribution in [2.24, 2.45) is 0 Å². The average molecular weight is 286 g/mol. The van der Waals surface area contributed by atoms with Gasteiger partial charge in [-0.2, -0.15) is 18.3 Å². The molecular formula is C11H13F3N6. The number of hydrogen-bond acceptors (Lipinski definition) is 4. The van der Waals surface area contributed by atoms with Crippen LogP contribution in [0.4, 0.5) is 13.2 Å². The lowest BCUT2D eigenvalue weighted by Gasteiger charge is -2.27. The molecule has 0 bridgehead atoms. The monoisotopic (exact) mass is 286 g/mol. The third-order valence-electron chi connectivity index (χ3n) is 3.29. The molecule has 0 radical (unpaired) electrons. The van der Waals surface area contributed by atoms with Crippen LogP contribution < -0.4 is 0 Å². The van der Waals surface area contributed by atoms with Crippen molar-refractivity contribution in [1.82, 2.24) is 29.4 Å². The number of aromatic nitrogens is 5. The van der Waals surface area contributed by atoms with Crippen LogP contribution in [0.1, 0.15) is 11.6 Å². The Morgan fingerprint density at radius 2 is 2.00 bits per heavy atom. The van der Waals surface area contributed by atoms with Crippen LogP contribution in [0.2, 0.25) is 0 Å². The summed E-state index contributed by atoms with van der Waals surface area (Å²) in [5, 5.41) is 11.0. The van der Waals surface area contributed by atoms with Gasteiger partial charge in [0.25, 0.3) is 0 Å². The Hall–Kier alpha value is -1.90. The third kappa shape index (κ3) is 2.53. The molecule has 0 fully saturated rings. The normalized spacial score (nSPS) is 16.4. The van der Waals surface area contributed by atoms with Crippen molar-refractivity contribution >= 4 is 0 Å². The summed E-state index contributed by atoms with van der Waals surface area (Å²) in [4.78, 5) is 2.05. The van der Waals surface area contributed by atoms with Crippen LogP contribution in [-0.4, -0.2) is 42.5 Å². The van der Waals surface area contributed by atoms with Gasteiger partial charge >= 0.3 is 6.18 Å². The number of fused-ring (bicyclic) bond motifs is 1. The lowest BCUT2D eigenvalue weighted by molar-refractivity contribution is -0.148. The predicted molar refractivity (Wildman–Crippen MR) is 62.5 cm³/mol. The molecule has 0 spiro atoms. The van der Waals surface area contributed by atoms with Gasteiger partial charge in [0.05, 0.1) is 13.1 Å². The van der Waals surface area contributed by atoms with Crippen LogP contribution in [0.25, 0.3) is 0 Å². The summed E-state index contributed by atoms with van der Waals surface area (Å²) in [6.07, 6.45) is -0.890. The van der Waals surface area contributed by atoms with E-state index in [1.807, 2.05) is 17.2 Å². The first-order valence-electron chi connectivity index (χ1n) is 6.23. The van der Waals surface area contributed by atoms with Gasteiger partial charge in [-0.1, -0.05) is 0 Å². The quantitative estimate of drug-likeness (QED) is 0.845. The zero-order chi connectivity index (χ0) is 14.2. The Morgan fingerprint density at radius 3 is 2.70 bits per heavy atom. The topological polar surface area (TPSA) is 51.8 Å². The summed E-state index contributed by atoms with van der Waals surface area (Å²) in [6.45, 7) is 2.61. The molecule has 0 aromatic carbocycles. The van der Waals surface area contributed by atoms with E-state index in [2.05, 4.69) is 15.3 Å². The van der Waals surface area contributed by atoms with Gasteiger partial charge in [-0.3, -0.25) is 9.58 Å². The maximum absolute atomic E-state index is 12.7. The van der Waals surface area contributed by atoms with E-state index in [9.17, 15) is 13.2 Å². The van der Waals surface area contributed by atoms with Crippen molar-refractivity contribution in [2.75, 3.05) is 13.1 Å². The summed E-state index contributed by atoms with van der Waals surface area (Å²) in [5.74, 6) is -0.539. The molecule has 0 unspecified atom stereocenters. The molecule has 2 aromatic rings. The third-order valence-corrected chi connectivity index (χ3v) is 3.29. The number of hydrogen-bond donors (Lipinski definition) is 0. The summed E-state index contributed by atoms with van der Waals surface area (Å²) >= 11 is 0. The van der Waals surface area contributed by atoms with Gasteiger partial charge in [0.15, 0.2) is 0 Å². The average Bonchev–Trinajstić information content (AvgIpc) is 3.04. The minimum atomic E-state index is -4.44. The van der Waals surface area contributed by atoms with Gasteiger partial charge in [-0.15, -0.1) is 10.2 Å². The van der Waals surface area contributed by atoms with Crippen LogP contribution in [0, 0.1) is 0 Å². The lowest BCUT2D eigenvalue weighted by atomic mass is 10.3. The van der Waals surface area contributed by atoms with E-state index < -0.39 is 12.0 Å². The smallest absolute Gasteiger partial charge is 0.305 e. The Balaban J connectivity index is 1.66. The molecule has 2 aromatic heterocycles. The zero-order valence-electron chi connectivity index (χ0n) is 10.6. The highest BCUT2D eigenvalue weighted by Gasteiger charge is 2.39. The van der Waals surface area contributed by atoms with E-state index in [-0.39, 0.29) is 6.54 Å². The van der Waals surface area contributed by atoms with Crippen molar-refractivity contribution in [2.45, 2.75) is 25.8 Å². The molecule has 0 atom stereocenters. The van der Waals surface area contributed by atoms with Gasteiger partial charge in [-0.25, -0.2) is 0 Å². The zero-order valence-corrected chi connectivity index (χ0v) is 10.6. The van der Waals surface area contributed by atoms with E-state index in [1.54, 1.807) is 10.9 Å². The maximum atomic E-state index is 12.7. The largest absolute Gasteiger partial charge is 0.451 e. The van der Waals surface area contributed by atoms with Gasteiger partial charge in [-0.05, 0) is 6.07 Å². The predicted octanol–water partition coefficient (Wildman–Crippen LogP) is 1.01. The van der Waals surface area contributed by atoms with Crippen LogP contribution >= 0.6 is 0 Å².